The fourth-order valence-corrected chi connectivity index (χ4v) is 6.24. The summed E-state index contributed by atoms with van der Waals surface area (Å²) in [5, 5.41) is 12.0. The van der Waals surface area contributed by atoms with Gasteiger partial charge in [0.2, 0.25) is 10.0 Å². The minimum Gasteiger partial charge on any atom is -0.366 e. The van der Waals surface area contributed by atoms with Crippen LogP contribution in [0.2, 0.25) is 5.02 Å². The number of thioether (sulfide) groups is 1. The monoisotopic (exact) mass is 455 g/mol. The summed E-state index contributed by atoms with van der Waals surface area (Å²) < 4.78 is 27.7. The molecule has 1 aliphatic rings. The molecule has 1 aromatic rings. The highest BCUT2D eigenvalue weighted by Gasteiger charge is 2.43. The smallest absolute Gasteiger partial charge is 0.244 e. The molecule has 1 aromatic carbocycles. The molecule has 1 unspecified atom stereocenters. The van der Waals surface area contributed by atoms with Crippen LogP contribution in [0.3, 0.4) is 0 Å². The van der Waals surface area contributed by atoms with E-state index in [0.29, 0.717) is 29.6 Å². The molecule has 1 saturated heterocycles. The molecule has 0 aromatic heterocycles. The summed E-state index contributed by atoms with van der Waals surface area (Å²) in [4.78, 5) is 5.84. The highest BCUT2D eigenvalue weighted by molar-refractivity contribution is 8.14. The predicted molar refractivity (Wildman–Crippen MR) is 116 cm³/mol. The van der Waals surface area contributed by atoms with Gasteiger partial charge in [0.1, 0.15) is 4.90 Å². The predicted octanol–water partition coefficient (Wildman–Crippen LogP) is 3.38. The topological polar surface area (TPSA) is 73.2 Å². The Morgan fingerprint density at radius 2 is 1.93 bits per heavy atom. The first-order valence-corrected chi connectivity index (χ1v) is 11.4. The first kappa shape index (κ1) is 24.5. The summed E-state index contributed by atoms with van der Waals surface area (Å²) in [6.07, 6.45) is 1.44. The molecule has 2 rings (SSSR count). The number of benzene rings is 1. The van der Waals surface area contributed by atoms with Crippen molar-refractivity contribution in [1.29, 1.82) is 0 Å². The third-order valence-corrected chi connectivity index (χ3v) is 8.03. The van der Waals surface area contributed by atoms with Gasteiger partial charge in [-0.05, 0) is 25.0 Å². The lowest BCUT2D eigenvalue weighted by atomic mass is 10.0. The summed E-state index contributed by atoms with van der Waals surface area (Å²) in [7, 11) is -0.333. The molecular formula is C17H27Cl2N3O3S2. The third kappa shape index (κ3) is 4.74. The zero-order valence-electron chi connectivity index (χ0n) is 16.0. The lowest BCUT2D eigenvalue weighted by Gasteiger charge is -2.32. The molecule has 154 valence electrons. The fourth-order valence-electron chi connectivity index (χ4n) is 2.95. The number of amidine groups is 1. The highest BCUT2D eigenvalue weighted by atomic mass is 35.5. The molecule has 0 amide bonds. The zero-order valence-corrected chi connectivity index (χ0v) is 19.2. The van der Waals surface area contributed by atoms with E-state index in [-0.39, 0.29) is 22.3 Å². The van der Waals surface area contributed by atoms with Crippen LogP contribution >= 0.6 is 35.8 Å². The van der Waals surface area contributed by atoms with Crippen molar-refractivity contribution in [3.8, 4) is 0 Å². The molecule has 1 heterocycles. The van der Waals surface area contributed by atoms with Crippen LogP contribution in [0.15, 0.2) is 28.1 Å². The Morgan fingerprint density at radius 3 is 2.41 bits per heavy atom. The second-order valence-electron chi connectivity index (χ2n) is 6.22. The summed E-state index contributed by atoms with van der Waals surface area (Å²) in [6.45, 7) is 4.75. The normalized spacial score (nSPS) is 21.7. The van der Waals surface area contributed by atoms with Crippen LogP contribution < -0.4 is 0 Å². The standard InChI is InChI=1S/C17H26ClN3O3S2.ClH/c1-5-9-21(10-6-2)26(23,24)15-11-13(7-8-14(15)18)17(22)12-25-16(19-3)20(17)4;/h7-8,11,22H,5-6,9-10,12H2,1-4H3;1H. The van der Waals surface area contributed by atoms with Crippen LogP contribution in [0.4, 0.5) is 0 Å². The number of sulfonamides is 1. The van der Waals surface area contributed by atoms with Crippen LogP contribution in [0.5, 0.6) is 0 Å². The summed E-state index contributed by atoms with van der Waals surface area (Å²) >= 11 is 7.66. The van der Waals surface area contributed by atoms with Crippen LogP contribution in [-0.2, 0) is 15.7 Å². The van der Waals surface area contributed by atoms with Crippen molar-refractivity contribution in [2.24, 2.45) is 4.99 Å². The van der Waals surface area contributed by atoms with Gasteiger partial charge >= 0.3 is 0 Å². The quantitative estimate of drug-likeness (QED) is 0.681. The van der Waals surface area contributed by atoms with Crippen LogP contribution in [0, 0.1) is 0 Å². The number of halogens is 2. The number of hydrogen-bond donors (Lipinski definition) is 1. The van der Waals surface area contributed by atoms with E-state index >= 15 is 0 Å². The molecular weight excluding hydrogens is 429 g/mol. The van der Waals surface area contributed by atoms with E-state index in [1.165, 1.54) is 28.2 Å². The van der Waals surface area contributed by atoms with E-state index in [1.54, 1.807) is 25.1 Å². The first-order valence-electron chi connectivity index (χ1n) is 8.58. The minimum absolute atomic E-state index is 0. The molecule has 6 nitrogen and oxygen atoms in total. The second-order valence-corrected chi connectivity index (χ2v) is 9.48. The third-order valence-electron chi connectivity index (χ3n) is 4.39. The molecule has 0 spiro atoms. The van der Waals surface area contributed by atoms with Crippen LogP contribution in [0.25, 0.3) is 0 Å². The Labute approximate surface area is 177 Å². The average molecular weight is 456 g/mol. The molecule has 0 saturated carbocycles. The SMILES string of the molecule is CCCN(CCC)S(=O)(=O)c1cc(C2(O)CSC(=NC)N2C)ccc1Cl.Cl. The summed E-state index contributed by atoms with van der Waals surface area (Å²) in [6, 6.07) is 4.70. The fraction of sp³-hybridized carbons (Fsp3) is 0.588. The van der Waals surface area contributed by atoms with E-state index in [0.717, 1.165) is 12.8 Å². The molecule has 1 N–H and O–H groups in total. The van der Waals surface area contributed by atoms with Gasteiger partial charge in [-0.15, -0.1) is 12.4 Å². The molecule has 0 aliphatic carbocycles. The largest absolute Gasteiger partial charge is 0.366 e. The van der Waals surface area contributed by atoms with E-state index in [2.05, 4.69) is 4.99 Å². The van der Waals surface area contributed by atoms with Crippen molar-refractivity contribution >= 4 is 51.0 Å². The number of aliphatic imine (C=N–C) groups is 1. The Morgan fingerprint density at radius 1 is 1.33 bits per heavy atom. The van der Waals surface area contributed by atoms with Gasteiger partial charge in [0, 0.05) is 32.7 Å². The van der Waals surface area contributed by atoms with E-state index in [4.69, 9.17) is 11.6 Å². The first-order chi connectivity index (χ1) is 12.2. The van der Waals surface area contributed by atoms with Crippen molar-refractivity contribution in [2.45, 2.75) is 37.3 Å². The Balaban J connectivity index is 0.00000364. The van der Waals surface area contributed by atoms with Crippen LogP contribution in [0.1, 0.15) is 32.3 Å². The molecule has 27 heavy (non-hydrogen) atoms. The number of aliphatic hydroxyl groups is 1. The van der Waals surface area contributed by atoms with E-state index < -0.39 is 15.7 Å². The second kappa shape index (κ2) is 9.80. The van der Waals surface area contributed by atoms with E-state index in [1.807, 2.05) is 13.8 Å². The molecule has 0 bridgehead atoms. The van der Waals surface area contributed by atoms with Crippen molar-refractivity contribution in [1.82, 2.24) is 9.21 Å². The van der Waals surface area contributed by atoms with Crippen molar-refractivity contribution in [3.63, 3.8) is 0 Å². The number of hydrogen-bond acceptors (Lipinski definition) is 5. The van der Waals surface area contributed by atoms with Crippen molar-refractivity contribution in [3.05, 3.63) is 28.8 Å². The molecule has 0 radical (unpaired) electrons. The van der Waals surface area contributed by atoms with Gasteiger partial charge in [-0.2, -0.15) is 4.31 Å². The molecule has 1 fully saturated rings. The highest BCUT2D eigenvalue weighted by Crippen LogP contribution is 2.39. The van der Waals surface area contributed by atoms with Gasteiger partial charge in [0.05, 0.1) is 10.8 Å². The average Bonchev–Trinajstić information content (AvgIpc) is 2.90. The lowest BCUT2D eigenvalue weighted by Crippen LogP contribution is -2.42. The number of nitrogens with zero attached hydrogens (tertiary/aromatic N) is 3. The molecule has 10 heteroatoms. The minimum atomic E-state index is -3.74. The number of rotatable bonds is 7. The Hall–Kier alpha value is -0.510. The van der Waals surface area contributed by atoms with Crippen molar-refractivity contribution < 1.29 is 13.5 Å². The lowest BCUT2D eigenvalue weighted by molar-refractivity contribution is -0.0349. The maximum atomic E-state index is 13.1. The maximum absolute atomic E-state index is 13.1. The van der Waals surface area contributed by atoms with Gasteiger partial charge in [0.15, 0.2) is 10.9 Å². The van der Waals surface area contributed by atoms with Gasteiger partial charge in [0.25, 0.3) is 0 Å². The van der Waals surface area contributed by atoms with Gasteiger partial charge in [-0.25, -0.2) is 8.42 Å². The van der Waals surface area contributed by atoms with Gasteiger partial charge in [-0.1, -0.05) is 43.3 Å². The summed E-state index contributed by atoms with van der Waals surface area (Å²) in [5.74, 6) is 0.366. The molecule has 1 aliphatic heterocycles. The van der Waals surface area contributed by atoms with Crippen LogP contribution in [-0.4, -0.2) is 60.8 Å². The van der Waals surface area contributed by atoms with Gasteiger partial charge in [-0.3, -0.25) is 4.99 Å². The van der Waals surface area contributed by atoms with Crippen molar-refractivity contribution in [2.75, 3.05) is 32.9 Å². The van der Waals surface area contributed by atoms with Gasteiger partial charge < -0.3 is 10.0 Å². The van der Waals surface area contributed by atoms with E-state index in [9.17, 15) is 13.5 Å². The Bertz CT molecular complexity index is 784. The summed E-state index contributed by atoms with van der Waals surface area (Å²) in [5.41, 5.74) is -0.837. The Kier molecular flexibility index (Phi) is 8.91. The zero-order chi connectivity index (χ0) is 19.5. The maximum Gasteiger partial charge on any atom is 0.244 e. The molecule has 1 atom stereocenters.